The van der Waals surface area contributed by atoms with Crippen LogP contribution in [0.15, 0.2) is 12.1 Å². The van der Waals surface area contributed by atoms with Gasteiger partial charge in [0.05, 0.1) is 7.11 Å². The van der Waals surface area contributed by atoms with Crippen LogP contribution < -0.4 is 14.2 Å². The number of carboxylic acids is 1. The number of hydrogen-bond acceptors (Lipinski definition) is 5. The van der Waals surface area contributed by atoms with Crippen molar-refractivity contribution in [2.75, 3.05) is 13.9 Å². The smallest absolute Gasteiger partial charge is 0.377 e. The lowest BCUT2D eigenvalue weighted by Gasteiger charge is -2.19. The van der Waals surface area contributed by atoms with Gasteiger partial charge in [-0.05, 0) is 17.7 Å². The maximum absolute atomic E-state index is 13.3. The molecule has 0 fully saturated rings. The van der Waals surface area contributed by atoms with Crippen LogP contribution in [-0.2, 0) is 4.79 Å². The number of carboxylic acid groups (broad SMARTS) is 1. The third-order valence-corrected chi connectivity index (χ3v) is 2.63. The summed E-state index contributed by atoms with van der Waals surface area (Å²) in [4.78, 5) is 10.4. The Morgan fingerprint density at radius 3 is 2.74 bits per heavy atom. The molecular formula is C11H10F2O6. The van der Waals surface area contributed by atoms with Gasteiger partial charge >= 0.3 is 11.9 Å². The van der Waals surface area contributed by atoms with E-state index in [-0.39, 0.29) is 29.6 Å². The first kappa shape index (κ1) is 13.3. The first-order valence-electron chi connectivity index (χ1n) is 5.14. The number of hydrogen-bond donors (Lipinski definition) is 2. The average molecular weight is 276 g/mol. The molecule has 0 aromatic heterocycles. The van der Waals surface area contributed by atoms with Crippen LogP contribution in [0, 0.1) is 0 Å². The van der Waals surface area contributed by atoms with Crippen molar-refractivity contribution in [2.45, 2.75) is 12.0 Å². The molecule has 1 aliphatic heterocycles. The molecule has 0 spiro atoms. The van der Waals surface area contributed by atoms with Crippen molar-refractivity contribution in [2.24, 2.45) is 0 Å². The van der Waals surface area contributed by atoms with Gasteiger partial charge in [0.2, 0.25) is 12.5 Å². The molecule has 2 N–H and O–H groups in total. The van der Waals surface area contributed by atoms with Crippen molar-refractivity contribution < 1.29 is 38.0 Å². The van der Waals surface area contributed by atoms with Crippen LogP contribution in [0.4, 0.5) is 8.78 Å². The summed E-state index contributed by atoms with van der Waals surface area (Å²) in [6.45, 7) is -0.111. The summed E-state index contributed by atoms with van der Waals surface area (Å²) in [5.74, 6) is -6.34. The molecule has 0 saturated carbocycles. The Kier molecular flexibility index (Phi) is 3.19. The average Bonchev–Trinajstić information content (AvgIpc) is 2.84. The van der Waals surface area contributed by atoms with Gasteiger partial charge in [0.15, 0.2) is 17.6 Å². The summed E-state index contributed by atoms with van der Waals surface area (Å²) in [6.07, 6.45) is -2.52. The molecule has 1 aliphatic rings. The standard InChI is InChI=1S/C11H10F2O6/c1-17-6-2-5(3-7-8(6)19-4-18-7)9(14)11(12,13)10(15)16/h2-3,9,14H,4H2,1H3,(H,15,16). The summed E-state index contributed by atoms with van der Waals surface area (Å²) in [7, 11) is 1.28. The zero-order valence-corrected chi connectivity index (χ0v) is 9.72. The minimum absolute atomic E-state index is 0.0743. The molecule has 104 valence electrons. The van der Waals surface area contributed by atoms with E-state index in [4.69, 9.17) is 19.3 Å². The van der Waals surface area contributed by atoms with Crippen LogP contribution in [0.25, 0.3) is 0 Å². The molecular weight excluding hydrogens is 266 g/mol. The Morgan fingerprint density at radius 1 is 1.47 bits per heavy atom. The minimum Gasteiger partial charge on any atom is -0.493 e. The van der Waals surface area contributed by atoms with E-state index in [0.29, 0.717) is 0 Å². The number of rotatable bonds is 4. The van der Waals surface area contributed by atoms with Gasteiger partial charge in [0, 0.05) is 0 Å². The molecule has 0 amide bonds. The van der Waals surface area contributed by atoms with Crippen LogP contribution in [0.2, 0.25) is 0 Å². The van der Waals surface area contributed by atoms with Gasteiger partial charge in [-0.2, -0.15) is 8.78 Å². The molecule has 1 aromatic carbocycles. The van der Waals surface area contributed by atoms with Crippen LogP contribution >= 0.6 is 0 Å². The van der Waals surface area contributed by atoms with Gasteiger partial charge in [0.1, 0.15) is 0 Å². The summed E-state index contributed by atoms with van der Waals surface area (Å²) in [6, 6.07) is 2.17. The highest BCUT2D eigenvalue weighted by atomic mass is 19.3. The molecule has 0 bridgehead atoms. The molecule has 0 saturated heterocycles. The zero-order valence-electron chi connectivity index (χ0n) is 9.72. The number of methoxy groups -OCH3 is 1. The van der Waals surface area contributed by atoms with E-state index in [0.717, 1.165) is 12.1 Å². The highest BCUT2D eigenvalue weighted by Crippen LogP contribution is 2.44. The molecule has 0 radical (unpaired) electrons. The van der Waals surface area contributed by atoms with E-state index in [1.165, 1.54) is 7.11 Å². The van der Waals surface area contributed by atoms with Crippen LogP contribution in [0.3, 0.4) is 0 Å². The lowest BCUT2D eigenvalue weighted by Crippen LogP contribution is -2.35. The van der Waals surface area contributed by atoms with Crippen LogP contribution in [-0.4, -0.2) is 36.0 Å². The van der Waals surface area contributed by atoms with Crippen LogP contribution in [0.5, 0.6) is 17.2 Å². The summed E-state index contributed by atoms with van der Waals surface area (Å²) in [5.41, 5.74) is -0.339. The Morgan fingerprint density at radius 2 is 2.16 bits per heavy atom. The summed E-state index contributed by atoms with van der Waals surface area (Å²) < 4.78 is 41.5. The molecule has 1 atom stereocenters. The number of aliphatic carboxylic acids is 1. The van der Waals surface area contributed by atoms with Crippen molar-refractivity contribution >= 4 is 5.97 Å². The molecule has 2 rings (SSSR count). The van der Waals surface area contributed by atoms with Gasteiger partial charge in [-0.15, -0.1) is 0 Å². The Labute approximate surface area is 106 Å². The van der Waals surface area contributed by atoms with Gasteiger partial charge in [-0.1, -0.05) is 0 Å². The van der Waals surface area contributed by atoms with Crippen molar-refractivity contribution in [3.05, 3.63) is 17.7 Å². The number of benzene rings is 1. The first-order chi connectivity index (χ1) is 8.87. The van der Waals surface area contributed by atoms with E-state index in [9.17, 15) is 18.7 Å². The van der Waals surface area contributed by atoms with E-state index in [1.54, 1.807) is 0 Å². The number of ether oxygens (including phenoxy) is 3. The lowest BCUT2D eigenvalue weighted by molar-refractivity contribution is -0.182. The highest BCUT2D eigenvalue weighted by Gasteiger charge is 2.48. The maximum Gasteiger partial charge on any atom is 0.377 e. The molecule has 19 heavy (non-hydrogen) atoms. The second kappa shape index (κ2) is 4.54. The third-order valence-electron chi connectivity index (χ3n) is 2.63. The molecule has 1 heterocycles. The number of aliphatic hydroxyl groups is 1. The highest BCUT2D eigenvalue weighted by molar-refractivity contribution is 5.76. The fourth-order valence-electron chi connectivity index (χ4n) is 1.63. The Hall–Kier alpha value is -2.09. The Balaban J connectivity index is 2.44. The topological polar surface area (TPSA) is 85.2 Å². The molecule has 1 aromatic rings. The fourth-order valence-corrected chi connectivity index (χ4v) is 1.63. The largest absolute Gasteiger partial charge is 0.493 e. The number of aliphatic hydroxyl groups excluding tert-OH is 1. The van der Waals surface area contributed by atoms with Crippen LogP contribution in [0.1, 0.15) is 11.7 Å². The third kappa shape index (κ3) is 2.14. The van der Waals surface area contributed by atoms with Gasteiger partial charge in [0.25, 0.3) is 0 Å². The van der Waals surface area contributed by atoms with Gasteiger partial charge in [-0.3, -0.25) is 0 Å². The van der Waals surface area contributed by atoms with Crippen molar-refractivity contribution in [1.82, 2.24) is 0 Å². The Bertz CT molecular complexity index is 516. The van der Waals surface area contributed by atoms with E-state index >= 15 is 0 Å². The molecule has 1 unspecified atom stereocenters. The minimum atomic E-state index is -4.32. The van der Waals surface area contributed by atoms with E-state index in [2.05, 4.69) is 0 Å². The summed E-state index contributed by atoms with van der Waals surface area (Å²) >= 11 is 0. The zero-order chi connectivity index (χ0) is 14.2. The normalized spacial score (nSPS) is 15.2. The molecule has 6 nitrogen and oxygen atoms in total. The summed E-state index contributed by atoms with van der Waals surface area (Å²) in [5, 5.41) is 17.9. The number of fused-ring (bicyclic) bond motifs is 1. The quantitative estimate of drug-likeness (QED) is 0.858. The lowest BCUT2D eigenvalue weighted by atomic mass is 10.0. The van der Waals surface area contributed by atoms with Crippen molar-refractivity contribution in [1.29, 1.82) is 0 Å². The number of halogens is 2. The second-order valence-corrected chi connectivity index (χ2v) is 3.79. The van der Waals surface area contributed by atoms with Gasteiger partial charge < -0.3 is 24.4 Å². The van der Waals surface area contributed by atoms with E-state index < -0.39 is 18.0 Å². The SMILES string of the molecule is COc1cc(C(O)C(F)(F)C(=O)O)cc2c1OCO2. The predicted molar refractivity (Wildman–Crippen MR) is 56.7 cm³/mol. The van der Waals surface area contributed by atoms with Gasteiger partial charge in [-0.25, -0.2) is 4.79 Å². The fraction of sp³-hybridized carbons (Fsp3) is 0.364. The predicted octanol–water partition coefficient (Wildman–Crippen LogP) is 1.18. The maximum atomic E-state index is 13.3. The van der Waals surface area contributed by atoms with Crippen molar-refractivity contribution in [3.8, 4) is 17.2 Å². The molecule has 8 heteroatoms. The first-order valence-corrected chi connectivity index (χ1v) is 5.14. The monoisotopic (exact) mass is 276 g/mol. The van der Waals surface area contributed by atoms with E-state index in [1.807, 2.05) is 0 Å². The molecule has 0 aliphatic carbocycles. The number of carbonyl (C=O) groups is 1. The number of alkyl halides is 2. The van der Waals surface area contributed by atoms with Crippen molar-refractivity contribution in [3.63, 3.8) is 0 Å². The second-order valence-electron chi connectivity index (χ2n) is 3.79.